The van der Waals surface area contributed by atoms with Crippen LogP contribution in [0.5, 0.6) is 0 Å². The van der Waals surface area contributed by atoms with Crippen LogP contribution in [0.4, 0.5) is 0 Å². The molecule has 0 heterocycles. The van der Waals surface area contributed by atoms with Crippen LogP contribution in [0.25, 0.3) is 0 Å². The van der Waals surface area contributed by atoms with Crippen molar-refractivity contribution in [2.75, 3.05) is 40.3 Å². The Morgan fingerprint density at radius 3 is 2.80 bits per heavy atom. The highest BCUT2D eigenvalue weighted by atomic mass is 35.5. The van der Waals surface area contributed by atoms with E-state index in [1.165, 1.54) is 5.56 Å². The second-order valence-corrected chi connectivity index (χ2v) is 5.50. The number of rotatable bonds is 9. The van der Waals surface area contributed by atoms with E-state index in [4.69, 9.17) is 11.6 Å². The van der Waals surface area contributed by atoms with Crippen LogP contribution < -0.4 is 10.6 Å². The molecule has 112 valence electrons. The highest BCUT2D eigenvalue weighted by molar-refractivity contribution is 6.30. The van der Waals surface area contributed by atoms with Crippen molar-refractivity contribution in [2.45, 2.75) is 12.8 Å². The molecule has 0 radical (unpaired) electrons. The molecule has 0 aliphatic heterocycles. The van der Waals surface area contributed by atoms with Gasteiger partial charge in [0.1, 0.15) is 0 Å². The van der Waals surface area contributed by atoms with E-state index in [0.717, 1.165) is 37.5 Å². The molecule has 0 unspecified atom stereocenters. The van der Waals surface area contributed by atoms with E-state index in [1.54, 1.807) is 0 Å². The molecule has 0 aliphatic rings. The summed E-state index contributed by atoms with van der Waals surface area (Å²) < 4.78 is 0. The largest absolute Gasteiger partial charge is 0.355 e. The SMILES string of the molecule is CN(C)CCCNC(=O)CNCCc1cccc(Cl)c1. The van der Waals surface area contributed by atoms with Gasteiger partial charge in [-0.2, -0.15) is 0 Å². The number of nitrogens with one attached hydrogen (secondary N) is 2. The summed E-state index contributed by atoms with van der Waals surface area (Å²) in [6, 6.07) is 7.79. The average Bonchev–Trinajstić information content (AvgIpc) is 2.40. The molecule has 0 spiro atoms. The van der Waals surface area contributed by atoms with Crippen LogP contribution in [0.1, 0.15) is 12.0 Å². The van der Waals surface area contributed by atoms with Crippen LogP contribution >= 0.6 is 11.6 Å². The summed E-state index contributed by atoms with van der Waals surface area (Å²) in [5.41, 5.74) is 1.18. The van der Waals surface area contributed by atoms with Gasteiger partial charge in [-0.15, -0.1) is 0 Å². The Morgan fingerprint density at radius 2 is 2.10 bits per heavy atom. The fraction of sp³-hybridized carbons (Fsp3) is 0.533. The average molecular weight is 298 g/mol. The summed E-state index contributed by atoms with van der Waals surface area (Å²) >= 11 is 5.91. The zero-order valence-electron chi connectivity index (χ0n) is 12.3. The molecular formula is C15H24ClN3O. The minimum Gasteiger partial charge on any atom is -0.355 e. The standard InChI is InChI=1S/C15H24ClN3O/c1-19(2)10-4-8-18-15(20)12-17-9-7-13-5-3-6-14(16)11-13/h3,5-6,11,17H,4,7-10,12H2,1-2H3,(H,18,20). The molecule has 0 atom stereocenters. The quantitative estimate of drug-likeness (QED) is 0.680. The van der Waals surface area contributed by atoms with Crippen LogP contribution in [0.15, 0.2) is 24.3 Å². The first kappa shape index (κ1) is 17.0. The van der Waals surface area contributed by atoms with Crippen molar-refractivity contribution in [3.05, 3.63) is 34.9 Å². The maximum Gasteiger partial charge on any atom is 0.233 e. The van der Waals surface area contributed by atoms with E-state index >= 15 is 0 Å². The lowest BCUT2D eigenvalue weighted by Crippen LogP contribution is -2.35. The summed E-state index contributed by atoms with van der Waals surface area (Å²) in [7, 11) is 4.05. The van der Waals surface area contributed by atoms with E-state index < -0.39 is 0 Å². The molecule has 0 saturated carbocycles. The minimum absolute atomic E-state index is 0.0508. The van der Waals surface area contributed by atoms with Gasteiger partial charge in [0.2, 0.25) is 5.91 Å². The third-order valence-electron chi connectivity index (χ3n) is 2.87. The Hall–Kier alpha value is -1.10. The molecule has 1 rings (SSSR count). The van der Waals surface area contributed by atoms with Gasteiger partial charge < -0.3 is 15.5 Å². The molecule has 0 aliphatic carbocycles. The van der Waals surface area contributed by atoms with Gasteiger partial charge in [0, 0.05) is 11.6 Å². The monoisotopic (exact) mass is 297 g/mol. The fourth-order valence-electron chi connectivity index (χ4n) is 1.81. The molecule has 0 aromatic heterocycles. The lowest BCUT2D eigenvalue weighted by atomic mass is 10.1. The van der Waals surface area contributed by atoms with E-state index in [-0.39, 0.29) is 5.91 Å². The third-order valence-corrected chi connectivity index (χ3v) is 3.10. The number of nitrogens with zero attached hydrogens (tertiary/aromatic N) is 1. The van der Waals surface area contributed by atoms with Gasteiger partial charge in [0.15, 0.2) is 0 Å². The Morgan fingerprint density at radius 1 is 1.30 bits per heavy atom. The van der Waals surface area contributed by atoms with Crippen LogP contribution in [0.2, 0.25) is 5.02 Å². The maximum atomic E-state index is 11.5. The number of carbonyl (C=O) groups excluding carboxylic acids is 1. The van der Waals surface area contributed by atoms with Gasteiger partial charge >= 0.3 is 0 Å². The van der Waals surface area contributed by atoms with Crippen LogP contribution in [-0.4, -0.2) is 51.1 Å². The Balaban J connectivity index is 2.04. The third kappa shape index (κ3) is 8.15. The van der Waals surface area contributed by atoms with E-state index in [2.05, 4.69) is 15.5 Å². The lowest BCUT2D eigenvalue weighted by Gasteiger charge is -2.10. The second kappa shape index (κ2) is 9.75. The zero-order chi connectivity index (χ0) is 14.8. The van der Waals surface area contributed by atoms with E-state index in [0.29, 0.717) is 6.54 Å². The molecule has 5 heteroatoms. The normalized spacial score (nSPS) is 10.8. The van der Waals surface area contributed by atoms with Crippen molar-refractivity contribution in [3.8, 4) is 0 Å². The lowest BCUT2D eigenvalue weighted by molar-refractivity contribution is -0.120. The van der Waals surface area contributed by atoms with Gasteiger partial charge in [-0.1, -0.05) is 23.7 Å². The van der Waals surface area contributed by atoms with Gasteiger partial charge in [-0.3, -0.25) is 4.79 Å². The molecule has 0 fully saturated rings. The Labute approximate surface area is 126 Å². The molecule has 1 aromatic rings. The first-order valence-corrected chi connectivity index (χ1v) is 7.32. The van der Waals surface area contributed by atoms with Crippen molar-refractivity contribution in [1.82, 2.24) is 15.5 Å². The second-order valence-electron chi connectivity index (χ2n) is 5.06. The maximum absolute atomic E-state index is 11.5. The summed E-state index contributed by atoms with van der Waals surface area (Å²) in [4.78, 5) is 13.7. The molecule has 2 N–H and O–H groups in total. The summed E-state index contributed by atoms with van der Waals surface area (Å²) in [5, 5.41) is 6.78. The highest BCUT2D eigenvalue weighted by Gasteiger charge is 2.00. The summed E-state index contributed by atoms with van der Waals surface area (Å²) in [5.74, 6) is 0.0508. The van der Waals surface area contributed by atoms with Crippen molar-refractivity contribution in [2.24, 2.45) is 0 Å². The number of amides is 1. The topological polar surface area (TPSA) is 44.4 Å². The molecule has 1 amide bonds. The molecular weight excluding hydrogens is 274 g/mol. The first-order valence-electron chi connectivity index (χ1n) is 6.94. The number of benzene rings is 1. The predicted octanol–water partition coefficient (Wildman–Crippen LogP) is 1.54. The van der Waals surface area contributed by atoms with Crippen LogP contribution in [0, 0.1) is 0 Å². The van der Waals surface area contributed by atoms with Crippen molar-refractivity contribution >= 4 is 17.5 Å². The smallest absolute Gasteiger partial charge is 0.233 e. The van der Waals surface area contributed by atoms with Gasteiger partial charge in [0.25, 0.3) is 0 Å². The van der Waals surface area contributed by atoms with Gasteiger partial charge in [-0.05, 0) is 57.7 Å². The number of halogens is 1. The number of hydrogen-bond acceptors (Lipinski definition) is 3. The highest BCUT2D eigenvalue weighted by Crippen LogP contribution is 2.10. The fourth-order valence-corrected chi connectivity index (χ4v) is 2.03. The predicted molar refractivity (Wildman–Crippen MR) is 84.2 cm³/mol. The number of hydrogen-bond donors (Lipinski definition) is 2. The van der Waals surface area contributed by atoms with Crippen LogP contribution in [0.3, 0.4) is 0 Å². The van der Waals surface area contributed by atoms with Crippen molar-refractivity contribution < 1.29 is 4.79 Å². The van der Waals surface area contributed by atoms with E-state index in [1.807, 2.05) is 38.4 Å². The summed E-state index contributed by atoms with van der Waals surface area (Å²) in [6.07, 6.45) is 1.84. The minimum atomic E-state index is 0.0508. The van der Waals surface area contributed by atoms with Crippen molar-refractivity contribution in [3.63, 3.8) is 0 Å². The molecule has 1 aromatic carbocycles. The molecule has 0 saturated heterocycles. The molecule has 20 heavy (non-hydrogen) atoms. The van der Waals surface area contributed by atoms with Crippen molar-refractivity contribution in [1.29, 1.82) is 0 Å². The van der Waals surface area contributed by atoms with Gasteiger partial charge in [0.05, 0.1) is 6.54 Å². The molecule has 0 bridgehead atoms. The summed E-state index contributed by atoms with van der Waals surface area (Å²) in [6.45, 7) is 2.85. The van der Waals surface area contributed by atoms with Crippen LogP contribution in [-0.2, 0) is 11.2 Å². The van der Waals surface area contributed by atoms with Gasteiger partial charge in [-0.25, -0.2) is 0 Å². The Kier molecular flexibility index (Phi) is 8.26. The van der Waals surface area contributed by atoms with E-state index in [9.17, 15) is 4.79 Å². The number of carbonyl (C=O) groups is 1. The Bertz CT molecular complexity index is 410. The zero-order valence-corrected chi connectivity index (χ0v) is 13.0. The molecule has 4 nitrogen and oxygen atoms in total. The first-order chi connectivity index (χ1) is 9.58.